The lowest BCUT2D eigenvalue weighted by atomic mass is 9.96. The normalized spacial score (nSPS) is 12.9. The second-order valence-electron chi connectivity index (χ2n) is 5.60. The second-order valence-corrected chi connectivity index (χ2v) is 6.91. The second kappa shape index (κ2) is 6.25. The number of rotatable bonds is 4. The van der Waals surface area contributed by atoms with Crippen molar-refractivity contribution in [3.63, 3.8) is 0 Å². The number of nitrogens with one attached hydrogen (secondary N) is 1. The molecule has 20 heavy (non-hydrogen) atoms. The maximum atomic E-state index is 12.1. The SMILES string of the molecule is CC(NC=O)Sc1nc(C(C)(C)C)nn1C(=O)N(C)C. The third-order valence-corrected chi connectivity index (χ3v) is 3.36. The number of amides is 2. The molecular weight excluding hydrogens is 278 g/mol. The Bertz CT molecular complexity index is 493. The number of hydrogen-bond donors (Lipinski definition) is 1. The van der Waals surface area contributed by atoms with Crippen LogP contribution in [0.25, 0.3) is 0 Å². The van der Waals surface area contributed by atoms with E-state index in [2.05, 4.69) is 15.4 Å². The molecule has 1 N–H and O–H groups in total. The molecule has 112 valence electrons. The van der Waals surface area contributed by atoms with Crippen molar-refractivity contribution in [2.45, 2.75) is 43.6 Å². The van der Waals surface area contributed by atoms with Crippen molar-refractivity contribution in [3.05, 3.63) is 5.82 Å². The molecule has 1 heterocycles. The number of aromatic nitrogens is 3. The summed E-state index contributed by atoms with van der Waals surface area (Å²) in [5.41, 5.74) is -0.255. The highest BCUT2D eigenvalue weighted by Gasteiger charge is 2.26. The Balaban J connectivity index is 3.15. The highest BCUT2D eigenvalue weighted by atomic mass is 32.2. The van der Waals surface area contributed by atoms with Gasteiger partial charge in [-0.3, -0.25) is 4.79 Å². The van der Waals surface area contributed by atoms with Gasteiger partial charge in [-0.2, -0.15) is 4.68 Å². The van der Waals surface area contributed by atoms with E-state index in [-0.39, 0.29) is 16.8 Å². The molecule has 2 amide bonds. The zero-order valence-electron chi connectivity index (χ0n) is 12.7. The zero-order valence-corrected chi connectivity index (χ0v) is 13.5. The lowest BCUT2D eigenvalue weighted by Gasteiger charge is -2.13. The van der Waals surface area contributed by atoms with E-state index in [0.29, 0.717) is 17.4 Å². The van der Waals surface area contributed by atoms with Gasteiger partial charge in [0.2, 0.25) is 6.41 Å². The van der Waals surface area contributed by atoms with Crippen LogP contribution in [0.5, 0.6) is 0 Å². The van der Waals surface area contributed by atoms with Crippen LogP contribution in [0.2, 0.25) is 0 Å². The van der Waals surface area contributed by atoms with Crippen molar-refractivity contribution >= 4 is 24.2 Å². The molecule has 0 aliphatic heterocycles. The van der Waals surface area contributed by atoms with E-state index in [0.717, 1.165) is 0 Å². The summed E-state index contributed by atoms with van der Waals surface area (Å²) in [7, 11) is 3.31. The van der Waals surface area contributed by atoms with Crippen molar-refractivity contribution in [3.8, 4) is 0 Å². The standard InChI is InChI=1S/C12H21N5O2S/c1-8(13-7-18)20-10-14-9(12(2,3)4)15-17(10)11(19)16(5)6/h7-8H,1-6H3,(H,13,18). The zero-order chi connectivity index (χ0) is 15.5. The van der Waals surface area contributed by atoms with Gasteiger partial charge in [0.25, 0.3) is 0 Å². The molecule has 1 aromatic rings. The summed E-state index contributed by atoms with van der Waals surface area (Å²) >= 11 is 1.28. The minimum Gasteiger partial charge on any atom is -0.347 e. The molecule has 0 spiro atoms. The Morgan fingerprint density at radius 1 is 1.45 bits per heavy atom. The summed E-state index contributed by atoms with van der Waals surface area (Å²) in [5, 5.41) is 7.18. The lowest BCUT2D eigenvalue weighted by Crippen LogP contribution is -2.30. The Morgan fingerprint density at radius 2 is 2.05 bits per heavy atom. The van der Waals surface area contributed by atoms with E-state index in [9.17, 15) is 9.59 Å². The molecule has 1 unspecified atom stereocenters. The van der Waals surface area contributed by atoms with Crippen molar-refractivity contribution in [2.75, 3.05) is 14.1 Å². The van der Waals surface area contributed by atoms with Gasteiger partial charge in [0.15, 0.2) is 11.0 Å². The van der Waals surface area contributed by atoms with Crippen LogP contribution in [0.4, 0.5) is 4.79 Å². The van der Waals surface area contributed by atoms with Crippen LogP contribution < -0.4 is 5.32 Å². The fraction of sp³-hybridized carbons (Fsp3) is 0.667. The maximum absolute atomic E-state index is 12.1. The fourth-order valence-corrected chi connectivity index (χ4v) is 2.09. The summed E-state index contributed by atoms with van der Waals surface area (Å²) in [4.78, 5) is 28.4. The van der Waals surface area contributed by atoms with Crippen LogP contribution in [0.3, 0.4) is 0 Å². The van der Waals surface area contributed by atoms with Gasteiger partial charge in [-0.05, 0) is 6.92 Å². The van der Waals surface area contributed by atoms with Crippen LogP contribution in [0.1, 0.15) is 33.5 Å². The van der Waals surface area contributed by atoms with Crippen LogP contribution in [0, 0.1) is 0 Å². The average molecular weight is 299 g/mol. The molecule has 0 aromatic carbocycles. The molecule has 0 radical (unpaired) electrons. The summed E-state index contributed by atoms with van der Waals surface area (Å²) < 4.78 is 1.27. The Kier molecular flexibility index (Phi) is 5.15. The molecule has 0 fully saturated rings. The first kappa shape index (κ1) is 16.5. The Labute approximate surface area is 123 Å². The third kappa shape index (κ3) is 3.96. The van der Waals surface area contributed by atoms with E-state index >= 15 is 0 Å². The van der Waals surface area contributed by atoms with Crippen LogP contribution in [0.15, 0.2) is 5.16 Å². The third-order valence-electron chi connectivity index (χ3n) is 2.40. The number of hydrogen-bond acceptors (Lipinski definition) is 5. The lowest BCUT2D eigenvalue weighted by molar-refractivity contribution is -0.109. The summed E-state index contributed by atoms with van der Waals surface area (Å²) in [5.74, 6) is 0.591. The fourth-order valence-electron chi connectivity index (χ4n) is 1.29. The molecule has 0 saturated heterocycles. The van der Waals surface area contributed by atoms with Crippen molar-refractivity contribution in [1.82, 2.24) is 25.0 Å². The number of nitrogens with zero attached hydrogens (tertiary/aromatic N) is 4. The Hall–Kier alpha value is -1.57. The highest BCUT2D eigenvalue weighted by Crippen LogP contribution is 2.25. The first-order chi connectivity index (χ1) is 9.16. The molecule has 8 heteroatoms. The summed E-state index contributed by atoms with van der Waals surface area (Å²) in [6, 6.07) is -0.270. The van der Waals surface area contributed by atoms with Gasteiger partial charge >= 0.3 is 6.03 Å². The van der Waals surface area contributed by atoms with E-state index in [1.165, 1.54) is 21.3 Å². The summed E-state index contributed by atoms with van der Waals surface area (Å²) in [6.07, 6.45) is 0.622. The van der Waals surface area contributed by atoms with E-state index in [1.54, 1.807) is 14.1 Å². The number of carbonyl (C=O) groups excluding carboxylic acids is 2. The van der Waals surface area contributed by atoms with Gasteiger partial charge in [0.05, 0.1) is 5.37 Å². The first-order valence-corrected chi connectivity index (χ1v) is 7.10. The van der Waals surface area contributed by atoms with E-state index < -0.39 is 0 Å². The van der Waals surface area contributed by atoms with Gasteiger partial charge in [-0.15, -0.1) is 5.10 Å². The molecule has 0 bridgehead atoms. The predicted molar refractivity (Wildman–Crippen MR) is 77.7 cm³/mol. The maximum Gasteiger partial charge on any atom is 0.346 e. The first-order valence-electron chi connectivity index (χ1n) is 6.22. The number of thioether (sulfide) groups is 1. The molecule has 7 nitrogen and oxygen atoms in total. The molecule has 0 saturated carbocycles. The van der Waals surface area contributed by atoms with E-state index in [4.69, 9.17) is 0 Å². The van der Waals surface area contributed by atoms with E-state index in [1.807, 2.05) is 27.7 Å². The molecule has 1 rings (SSSR count). The molecular formula is C12H21N5O2S. The Morgan fingerprint density at radius 3 is 2.50 bits per heavy atom. The van der Waals surface area contributed by atoms with Crippen LogP contribution >= 0.6 is 11.8 Å². The largest absolute Gasteiger partial charge is 0.347 e. The summed E-state index contributed by atoms with van der Waals surface area (Å²) in [6.45, 7) is 7.76. The van der Waals surface area contributed by atoms with Gasteiger partial charge in [-0.25, -0.2) is 9.78 Å². The van der Waals surface area contributed by atoms with Crippen molar-refractivity contribution < 1.29 is 9.59 Å². The molecule has 0 aliphatic carbocycles. The molecule has 1 aromatic heterocycles. The average Bonchev–Trinajstić information content (AvgIpc) is 2.71. The predicted octanol–water partition coefficient (Wildman–Crippen LogP) is 1.29. The van der Waals surface area contributed by atoms with Crippen LogP contribution in [-0.2, 0) is 10.2 Å². The van der Waals surface area contributed by atoms with Gasteiger partial charge in [-0.1, -0.05) is 32.5 Å². The van der Waals surface area contributed by atoms with Crippen LogP contribution in [-0.4, -0.2) is 51.6 Å². The quantitative estimate of drug-likeness (QED) is 0.515. The molecule has 0 aliphatic rings. The smallest absolute Gasteiger partial charge is 0.346 e. The minimum atomic E-state index is -0.270. The van der Waals surface area contributed by atoms with Crippen molar-refractivity contribution in [1.29, 1.82) is 0 Å². The monoisotopic (exact) mass is 299 g/mol. The van der Waals surface area contributed by atoms with Crippen molar-refractivity contribution in [2.24, 2.45) is 0 Å². The highest BCUT2D eigenvalue weighted by molar-refractivity contribution is 7.99. The topological polar surface area (TPSA) is 80.1 Å². The molecule has 1 atom stereocenters. The van der Waals surface area contributed by atoms with Gasteiger partial charge < -0.3 is 10.2 Å². The van der Waals surface area contributed by atoms with Gasteiger partial charge in [0.1, 0.15) is 0 Å². The van der Waals surface area contributed by atoms with Gasteiger partial charge in [0, 0.05) is 19.5 Å². The minimum absolute atomic E-state index is 0.196. The number of carbonyl (C=O) groups is 2.